The number of aryl methyl sites for hydroxylation is 1. The molecule has 5 nitrogen and oxygen atoms in total. The van der Waals surface area contributed by atoms with Gasteiger partial charge in [-0.1, -0.05) is 25.5 Å². The second-order valence-corrected chi connectivity index (χ2v) is 6.31. The summed E-state index contributed by atoms with van der Waals surface area (Å²) in [4.78, 5) is 9.18. The van der Waals surface area contributed by atoms with Gasteiger partial charge in [0.2, 0.25) is 0 Å². The normalized spacial score (nSPS) is 11.5. The maximum absolute atomic E-state index is 5.81. The molecule has 0 saturated carbocycles. The Hall–Kier alpha value is -2.34. The summed E-state index contributed by atoms with van der Waals surface area (Å²) in [6.07, 6.45) is 5.02. The van der Waals surface area contributed by atoms with Gasteiger partial charge in [-0.05, 0) is 42.8 Å². The number of fused-ring (bicyclic) bond motifs is 2. The van der Waals surface area contributed by atoms with Crippen molar-refractivity contribution in [3.8, 4) is 0 Å². The van der Waals surface area contributed by atoms with Gasteiger partial charge in [-0.2, -0.15) is 5.10 Å². The maximum Gasteiger partial charge on any atom is 0.263 e. The zero-order valence-corrected chi connectivity index (χ0v) is 13.6. The lowest BCUT2D eigenvalue weighted by Crippen LogP contribution is -1.99. The van der Waals surface area contributed by atoms with Crippen LogP contribution < -0.4 is 0 Å². The summed E-state index contributed by atoms with van der Waals surface area (Å²) in [6.45, 7) is 2.19. The lowest BCUT2D eigenvalue weighted by Gasteiger charge is -2.05. The molecule has 6 heteroatoms. The lowest BCUT2D eigenvalue weighted by molar-refractivity contribution is 0.488. The topological polar surface area (TPSA) is 56.2 Å². The van der Waals surface area contributed by atoms with E-state index in [1.807, 2.05) is 34.8 Å². The van der Waals surface area contributed by atoms with E-state index in [2.05, 4.69) is 28.1 Å². The molecule has 3 heterocycles. The summed E-state index contributed by atoms with van der Waals surface area (Å²) in [6, 6.07) is 11.8. The second kappa shape index (κ2) is 6.04. The average molecular weight is 324 g/mol. The van der Waals surface area contributed by atoms with Crippen LogP contribution in [0.4, 0.5) is 0 Å². The van der Waals surface area contributed by atoms with Crippen molar-refractivity contribution < 1.29 is 4.42 Å². The number of aromatic nitrogens is 4. The average Bonchev–Trinajstić information content (AvgIpc) is 3.18. The Balaban J connectivity index is 1.73. The molecule has 0 aliphatic heterocycles. The van der Waals surface area contributed by atoms with Gasteiger partial charge >= 0.3 is 0 Å². The van der Waals surface area contributed by atoms with Crippen LogP contribution >= 0.6 is 11.8 Å². The molecule has 0 spiro atoms. The van der Waals surface area contributed by atoms with Crippen molar-refractivity contribution in [1.29, 1.82) is 0 Å². The molecule has 0 aliphatic carbocycles. The third-order valence-corrected chi connectivity index (χ3v) is 4.48. The summed E-state index contributed by atoms with van der Waals surface area (Å²) < 4.78 is 7.64. The zero-order chi connectivity index (χ0) is 15.6. The van der Waals surface area contributed by atoms with Crippen LogP contribution in [-0.4, -0.2) is 19.6 Å². The van der Waals surface area contributed by atoms with Gasteiger partial charge in [0.1, 0.15) is 10.5 Å². The van der Waals surface area contributed by atoms with E-state index < -0.39 is 0 Å². The quantitative estimate of drug-likeness (QED) is 0.510. The van der Waals surface area contributed by atoms with E-state index in [0.717, 1.165) is 46.7 Å². The summed E-state index contributed by atoms with van der Waals surface area (Å²) in [7, 11) is 0. The van der Waals surface area contributed by atoms with Crippen LogP contribution in [0.15, 0.2) is 57.3 Å². The minimum atomic E-state index is 0.621. The molecule has 0 fully saturated rings. The molecule has 0 bridgehead atoms. The molecule has 0 aliphatic rings. The summed E-state index contributed by atoms with van der Waals surface area (Å²) in [5, 5.41) is 5.95. The predicted molar refractivity (Wildman–Crippen MR) is 89.7 cm³/mol. The first-order valence-electron chi connectivity index (χ1n) is 7.70. The van der Waals surface area contributed by atoms with E-state index in [0.29, 0.717) is 5.22 Å². The molecule has 1 aromatic carbocycles. The van der Waals surface area contributed by atoms with Crippen LogP contribution in [0.5, 0.6) is 0 Å². The zero-order valence-electron chi connectivity index (χ0n) is 12.8. The van der Waals surface area contributed by atoms with Gasteiger partial charge in [0.05, 0.1) is 6.20 Å². The van der Waals surface area contributed by atoms with Gasteiger partial charge < -0.3 is 4.42 Å². The van der Waals surface area contributed by atoms with Crippen LogP contribution in [0.3, 0.4) is 0 Å². The summed E-state index contributed by atoms with van der Waals surface area (Å²) in [5.74, 6) is 0. The molecule has 0 amide bonds. The Morgan fingerprint density at radius 3 is 2.96 bits per heavy atom. The Labute approximate surface area is 137 Å². The highest BCUT2D eigenvalue weighted by molar-refractivity contribution is 7.99. The molecule has 0 radical (unpaired) electrons. The fraction of sp³-hybridized carbons (Fsp3) is 0.235. The number of rotatable bonds is 5. The van der Waals surface area contributed by atoms with Gasteiger partial charge in [-0.25, -0.2) is 14.5 Å². The highest BCUT2D eigenvalue weighted by Gasteiger charge is 2.12. The van der Waals surface area contributed by atoms with E-state index in [-0.39, 0.29) is 0 Å². The van der Waals surface area contributed by atoms with Crippen LogP contribution in [0.25, 0.3) is 16.7 Å². The van der Waals surface area contributed by atoms with E-state index in [4.69, 9.17) is 4.42 Å². The lowest BCUT2D eigenvalue weighted by atomic mass is 10.2. The molecule has 4 aromatic rings. The SMILES string of the molecule is CCCCc1cc(Sc2nc3ccccc3o2)n2nccc2n1. The van der Waals surface area contributed by atoms with Crippen molar-refractivity contribution in [3.63, 3.8) is 0 Å². The molecular weight excluding hydrogens is 308 g/mol. The molecule has 0 atom stereocenters. The largest absolute Gasteiger partial charge is 0.431 e. The van der Waals surface area contributed by atoms with Crippen molar-refractivity contribution in [2.45, 2.75) is 36.4 Å². The third kappa shape index (κ3) is 2.82. The summed E-state index contributed by atoms with van der Waals surface area (Å²) in [5.41, 5.74) is 3.61. The Morgan fingerprint density at radius 1 is 1.17 bits per heavy atom. The Kier molecular flexibility index (Phi) is 3.75. The van der Waals surface area contributed by atoms with Gasteiger partial charge in [0.15, 0.2) is 11.2 Å². The van der Waals surface area contributed by atoms with Crippen molar-refractivity contribution in [2.75, 3.05) is 0 Å². The molecule has 3 aromatic heterocycles. The molecular formula is C17H16N4OS. The minimum Gasteiger partial charge on any atom is -0.431 e. The smallest absolute Gasteiger partial charge is 0.263 e. The number of para-hydroxylation sites is 2. The van der Waals surface area contributed by atoms with E-state index in [1.165, 1.54) is 11.8 Å². The highest BCUT2D eigenvalue weighted by atomic mass is 32.2. The number of unbranched alkanes of at least 4 members (excludes halogenated alkanes) is 1. The molecule has 4 rings (SSSR count). The highest BCUT2D eigenvalue weighted by Crippen LogP contribution is 2.30. The monoisotopic (exact) mass is 324 g/mol. The van der Waals surface area contributed by atoms with Gasteiger partial charge in [-0.3, -0.25) is 0 Å². The second-order valence-electron chi connectivity index (χ2n) is 5.34. The number of hydrogen-bond acceptors (Lipinski definition) is 5. The number of nitrogens with zero attached hydrogens (tertiary/aromatic N) is 4. The van der Waals surface area contributed by atoms with Crippen LogP contribution in [-0.2, 0) is 6.42 Å². The third-order valence-electron chi connectivity index (χ3n) is 3.63. The first-order valence-corrected chi connectivity index (χ1v) is 8.52. The van der Waals surface area contributed by atoms with Crippen LogP contribution in [0.2, 0.25) is 0 Å². The van der Waals surface area contributed by atoms with E-state index in [1.54, 1.807) is 6.20 Å². The molecule has 0 N–H and O–H groups in total. The molecule has 23 heavy (non-hydrogen) atoms. The molecule has 116 valence electrons. The van der Waals surface area contributed by atoms with Crippen LogP contribution in [0.1, 0.15) is 25.5 Å². The van der Waals surface area contributed by atoms with Gasteiger partial charge in [0, 0.05) is 11.8 Å². The minimum absolute atomic E-state index is 0.621. The fourth-order valence-corrected chi connectivity index (χ4v) is 3.35. The molecule has 0 unspecified atom stereocenters. The van der Waals surface area contributed by atoms with E-state index >= 15 is 0 Å². The standard InChI is InChI=1S/C17H16N4OS/c1-2-3-6-12-11-16(21-15(19-12)9-10-18-21)23-17-20-13-7-4-5-8-14(13)22-17/h4-5,7-11H,2-3,6H2,1H3. The Morgan fingerprint density at radius 2 is 2.09 bits per heavy atom. The van der Waals surface area contributed by atoms with E-state index in [9.17, 15) is 0 Å². The van der Waals surface area contributed by atoms with Crippen molar-refractivity contribution >= 4 is 28.5 Å². The van der Waals surface area contributed by atoms with Crippen molar-refractivity contribution in [1.82, 2.24) is 19.6 Å². The first-order chi connectivity index (χ1) is 11.3. The number of hydrogen-bond donors (Lipinski definition) is 0. The fourth-order valence-electron chi connectivity index (χ4n) is 2.48. The number of benzene rings is 1. The first kappa shape index (κ1) is 14.3. The van der Waals surface area contributed by atoms with Gasteiger partial charge in [0.25, 0.3) is 5.22 Å². The van der Waals surface area contributed by atoms with Crippen molar-refractivity contribution in [3.05, 3.63) is 48.3 Å². The maximum atomic E-state index is 5.81. The van der Waals surface area contributed by atoms with Crippen LogP contribution in [0, 0.1) is 0 Å². The number of oxazole rings is 1. The Bertz CT molecular complexity index is 926. The summed E-state index contributed by atoms with van der Waals surface area (Å²) >= 11 is 1.48. The molecule has 0 saturated heterocycles. The van der Waals surface area contributed by atoms with Crippen molar-refractivity contribution in [2.24, 2.45) is 0 Å². The van der Waals surface area contributed by atoms with Gasteiger partial charge in [-0.15, -0.1) is 0 Å². The predicted octanol–water partition coefficient (Wildman–Crippen LogP) is 4.36.